The Kier molecular flexibility index (Phi) is 4.53. The highest BCUT2D eigenvalue weighted by Gasteiger charge is 2.18. The highest BCUT2D eigenvalue weighted by Crippen LogP contribution is 2.30. The van der Waals surface area contributed by atoms with Crippen molar-refractivity contribution >= 4 is 23.3 Å². The summed E-state index contributed by atoms with van der Waals surface area (Å²) < 4.78 is 8.86. The molecule has 0 radical (unpaired) electrons. The van der Waals surface area contributed by atoms with Crippen molar-refractivity contribution in [1.82, 2.24) is 9.55 Å². The zero-order chi connectivity index (χ0) is 14.9. The number of fused-ring (bicyclic) bond motifs is 1. The van der Waals surface area contributed by atoms with Crippen molar-refractivity contribution in [3.63, 3.8) is 0 Å². The zero-order valence-electron chi connectivity index (χ0n) is 12.9. The maximum Gasteiger partial charge on any atom is 0.178 e. The van der Waals surface area contributed by atoms with Gasteiger partial charge in [0.15, 0.2) is 4.77 Å². The van der Waals surface area contributed by atoms with Gasteiger partial charge in [0.25, 0.3) is 0 Å². The second-order valence-electron chi connectivity index (χ2n) is 5.74. The molecule has 0 aliphatic rings. The summed E-state index contributed by atoms with van der Waals surface area (Å²) >= 11 is 5.52. The number of H-pyrrole nitrogens is 1. The number of nitrogens with zero attached hydrogens (tertiary/aromatic N) is 1. The molecule has 2 atom stereocenters. The van der Waals surface area contributed by atoms with Crippen LogP contribution in [0.4, 0.5) is 0 Å². The molecule has 2 aromatic rings. The molecule has 0 spiro atoms. The second kappa shape index (κ2) is 6.00. The number of benzene rings is 1. The molecule has 1 N–H and O–H groups in total. The van der Waals surface area contributed by atoms with Gasteiger partial charge in [-0.25, -0.2) is 0 Å². The van der Waals surface area contributed by atoms with Gasteiger partial charge in [-0.05, 0) is 51.0 Å². The van der Waals surface area contributed by atoms with E-state index < -0.39 is 0 Å². The first-order valence-electron chi connectivity index (χ1n) is 7.35. The summed E-state index contributed by atoms with van der Waals surface area (Å²) in [6, 6.07) is 6.50. The topological polar surface area (TPSA) is 29.9 Å². The third-order valence-corrected chi connectivity index (χ3v) is 4.25. The van der Waals surface area contributed by atoms with Crippen LogP contribution in [0, 0.1) is 10.7 Å². The van der Waals surface area contributed by atoms with Gasteiger partial charge < -0.3 is 14.3 Å². The number of nitrogens with one attached hydrogen (secondary N) is 1. The molecule has 0 saturated carbocycles. The molecule has 1 heterocycles. The molecule has 0 fully saturated rings. The summed E-state index contributed by atoms with van der Waals surface area (Å²) in [5, 5.41) is 0. The quantitative estimate of drug-likeness (QED) is 0.778. The molecule has 0 saturated heterocycles. The van der Waals surface area contributed by atoms with Gasteiger partial charge >= 0.3 is 0 Å². The average molecular weight is 292 g/mol. The largest absolute Gasteiger partial charge is 0.489 e. The molecular formula is C16H24N2OS. The van der Waals surface area contributed by atoms with Crippen LogP contribution in [-0.2, 0) is 0 Å². The van der Waals surface area contributed by atoms with E-state index in [1.165, 1.54) is 0 Å². The molecule has 4 heteroatoms. The molecule has 0 aliphatic heterocycles. The Morgan fingerprint density at radius 3 is 2.55 bits per heavy atom. The Hall–Kier alpha value is -1.29. The summed E-state index contributed by atoms with van der Waals surface area (Å²) in [4.78, 5) is 3.31. The molecule has 1 aromatic heterocycles. The predicted octanol–water partition coefficient (Wildman–Crippen LogP) is 5.09. The lowest BCUT2D eigenvalue weighted by molar-refractivity contribution is 0.245. The van der Waals surface area contributed by atoms with Crippen LogP contribution in [0.25, 0.3) is 11.0 Å². The molecule has 1 aromatic carbocycles. The van der Waals surface area contributed by atoms with E-state index in [1.807, 2.05) is 26.0 Å². The molecule has 2 unspecified atom stereocenters. The van der Waals surface area contributed by atoms with Gasteiger partial charge in [-0.2, -0.15) is 0 Å². The molecule has 2 rings (SSSR count). The summed E-state index contributed by atoms with van der Waals surface area (Å²) in [5.74, 6) is 1.45. The van der Waals surface area contributed by atoms with Crippen LogP contribution in [0.5, 0.6) is 5.75 Å². The number of hydrogen-bond donors (Lipinski definition) is 1. The Labute approximate surface area is 126 Å². The molecule has 110 valence electrons. The second-order valence-corrected chi connectivity index (χ2v) is 6.13. The maximum absolute atomic E-state index is 5.87. The molecule has 0 bridgehead atoms. The van der Waals surface area contributed by atoms with Crippen LogP contribution in [0.3, 0.4) is 0 Å². The van der Waals surface area contributed by atoms with Crippen LogP contribution in [0.1, 0.15) is 47.1 Å². The van der Waals surface area contributed by atoms with Crippen LogP contribution in [0.15, 0.2) is 18.2 Å². The fourth-order valence-electron chi connectivity index (χ4n) is 2.47. The number of imidazole rings is 1. The number of para-hydroxylation sites is 1. The van der Waals surface area contributed by atoms with E-state index in [4.69, 9.17) is 17.0 Å². The average Bonchev–Trinajstić information content (AvgIpc) is 2.73. The smallest absolute Gasteiger partial charge is 0.178 e. The van der Waals surface area contributed by atoms with Crippen molar-refractivity contribution in [2.24, 2.45) is 5.92 Å². The van der Waals surface area contributed by atoms with E-state index in [1.54, 1.807) is 0 Å². The maximum atomic E-state index is 5.87. The fraction of sp³-hybridized carbons (Fsp3) is 0.562. The van der Waals surface area contributed by atoms with Gasteiger partial charge in [0.1, 0.15) is 11.3 Å². The lowest BCUT2D eigenvalue weighted by Crippen LogP contribution is -2.13. The van der Waals surface area contributed by atoms with Gasteiger partial charge in [0.05, 0.1) is 11.6 Å². The third-order valence-electron chi connectivity index (χ3n) is 3.95. The molecule has 0 aliphatic carbocycles. The first-order valence-corrected chi connectivity index (χ1v) is 7.76. The van der Waals surface area contributed by atoms with Crippen molar-refractivity contribution in [3.8, 4) is 5.75 Å². The van der Waals surface area contributed by atoms with Crippen LogP contribution < -0.4 is 4.74 Å². The zero-order valence-corrected chi connectivity index (χ0v) is 13.8. The first-order chi connectivity index (χ1) is 9.45. The first kappa shape index (κ1) is 15.1. The van der Waals surface area contributed by atoms with Gasteiger partial charge in [-0.1, -0.05) is 26.3 Å². The molecular weight excluding hydrogens is 268 g/mol. The Balaban J connectivity index is 2.58. The Bertz CT molecular complexity index is 641. The lowest BCUT2D eigenvalue weighted by Gasteiger charge is -2.21. The van der Waals surface area contributed by atoms with E-state index in [9.17, 15) is 0 Å². The van der Waals surface area contributed by atoms with E-state index in [2.05, 4.69) is 36.4 Å². The van der Waals surface area contributed by atoms with Crippen LogP contribution >= 0.6 is 12.2 Å². The van der Waals surface area contributed by atoms with Crippen molar-refractivity contribution in [3.05, 3.63) is 23.0 Å². The number of aromatic nitrogens is 2. The highest BCUT2D eigenvalue weighted by molar-refractivity contribution is 7.71. The van der Waals surface area contributed by atoms with Gasteiger partial charge in [0, 0.05) is 6.04 Å². The predicted molar refractivity (Wildman–Crippen MR) is 87.1 cm³/mol. The molecule has 20 heavy (non-hydrogen) atoms. The standard InChI is InChI=1S/C16H24N2OS/c1-6-11(4)12(5)18-13-8-7-9-14(19-10(2)3)15(13)17-16(18)20/h7-12H,6H2,1-5H3,(H,17,20). The van der Waals surface area contributed by atoms with Crippen molar-refractivity contribution < 1.29 is 4.74 Å². The summed E-state index contributed by atoms with van der Waals surface area (Å²) in [6.07, 6.45) is 1.29. The van der Waals surface area contributed by atoms with Crippen LogP contribution in [-0.4, -0.2) is 15.7 Å². The Morgan fingerprint density at radius 1 is 1.25 bits per heavy atom. The van der Waals surface area contributed by atoms with E-state index in [0.717, 1.165) is 28.0 Å². The van der Waals surface area contributed by atoms with E-state index >= 15 is 0 Å². The van der Waals surface area contributed by atoms with Crippen molar-refractivity contribution in [2.75, 3.05) is 0 Å². The monoisotopic (exact) mass is 292 g/mol. The Morgan fingerprint density at radius 2 is 1.95 bits per heavy atom. The van der Waals surface area contributed by atoms with Crippen LogP contribution in [0.2, 0.25) is 0 Å². The van der Waals surface area contributed by atoms with Gasteiger partial charge in [-0.3, -0.25) is 0 Å². The highest BCUT2D eigenvalue weighted by atomic mass is 32.1. The lowest BCUT2D eigenvalue weighted by atomic mass is 10.0. The molecule has 3 nitrogen and oxygen atoms in total. The van der Waals surface area contributed by atoms with Gasteiger partial charge in [0.2, 0.25) is 0 Å². The SMILES string of the molecule is CCC(C)C(C)n1c(=S)[nH]c2c(OC(C)C)cccc21. The summed E-state index contributed by atoms with van der Waals surface area (Å²) in [6.45, 7) is 10.8. The number of rotatable bonds is 5. The number of aromatic amines is 1. The van der Waals surface area contributed by atoms with Crippen molar-refractivity contribution in [1.29, 1.82) is 0 Å². The summed E-state index contributed by atoms with van der Waals surface area (Å²) in [7, 11) is 0. The minimum absolute atomic E-state index is 0.151. The van der Waals surface area contributed by atoms with Gasteiger partial charge in [-0.15, -0.1) is 0 Å². The molecule has 0 amide bonds. The summed E-state index contributed by atoms with van der Waals surface area (Å²) in [5.41, 5.74) is 2.13. The number of ether oxygens (including phenoxy) is 1. The normalized spacial score (nSPS) is 14.7. The fourth-order valence-corrected chi connectivity index (χ4v) is 2.84. The third kappa shape index (κ3) is 2.75. The minimum Gasteiger partial charge on any atom is -0.489 e. The van der Waals surface area contributed by atoms with E-state index in [-0.39, 0.29) is 6.10 Å². The van der Waals surface area contributed by atoms with E-state index in [0.29, 0.717) is 12.0 Å². The number of hydrogen-bond acceptors (Lipinski definition) is 2. The minimum atomic E-state index is 0.151. The van der Waals surface area contributed by atoms with Crippen molar-refractivity contribution in [2.45, 2.75) is 53.2 Å².